The summed E-state index contributed by atoms with van der Waals surface area (Å²) in [6.07, 6.45) is 61.8. The molecule has 0 aromatic carbocycles. The van der Waals surface area contributed by atoms with E-state index in [2.05, 4.69) is 98.9 Å². The number of nitrogens with zero attached hydrogens (tertiary/aromatic N) is 1. The van der Waals surface area contributed by atoms with Gasteiger partial charge in [-0.3, -0.25) is 14.2 Å². The van der Waals surface area contributed by atoms with E-state index in [-0.39, 0.29) is 26.1 Å². The van der Waals surface area contributed by atoms with E-state index in [1.807, 2.05) is 21.1 Å². The van der Waals surface area contributed by atoms with Crippen molar-refractivity contribution in [3.8, 4) is 0 Å². The largest absolute Gasteiger partial charge is 0.756 e. The fourth-order valence-electron chi connectivity index (χ4n) is 6.83. The van der Waals surface area contributed by atoms with Crippen molar-refractivity contribution in [2.24, 2.45) is 0 Å². The molecule has 380 valence electrons. The van der Waals surface area contributed by atoms with Gasteiger partial charge in [-0.15, -0.1) is 0 Å². The third-order valence-electron chi connectivity index (χ3n) is 10.9. The van der Waals surface area contributed by atoms with Crippen LogP contribution in [0.4, 0.5) is 0 Å². The van der Waals surface area contributed by atoms with Crippen molar-refractivity contribution in [3.05, 3.63) is 85.1 Å². The number of carbonyl (C=O) groups is 2. The smallest absolute Gasteiger partial charge is 0.306 e. The number of hydrogen-bond acceptors (Lipinski definition) is 8. The first-order valence-electron chi connectivity index (χ1n) is 26.3. The zero-order valence-electron chi connectivity index (χ0n) is 42.9. The highest BCUT2D eigenvalue weighted by atomic mass is 31.2. The van der Waals surface area contributed by atoms with Gasteiger partial charge in [0.2, 0.25) is 0 Å². The van der Waals surface area contributed by atoms with Crippen LogP contribution in [0.15, 0.2) is 85.1 Å². The Labute approximate surface area is 405 Å². The van der Waals surface area contributed by atoms with E-state index in [4.69, 9.17) is 18.5 Å². The Balaban J connectivity index is 4.30. The molecule has 0 aromatic heterocycles. The first kappa shape index (κ1) is 63.2. The summed E-state index contributed by atoms with van der Waals surface area (Å²) < 4.78 is 34.1. The van der Waals surface area contributed by atoms with Gasteiger partial charge < -0.3 is 27.9 Å². The zero-order valence-corrected chi connectivity index (χ0v) is 43.8. The second-order valence-corrected chi connectivity index (χ2v) is 19.9. The van der Waals surface area contributed by atoms with E-state index in [0.717, 1.165) is 103 Å². The number of unbranched alkanes of at least 4 members (excludes halogenated alkanes) is 19. The topological polar surface area (TPSA) is 111 Å². The second-order valence-electron chi connectivity index (χ2n) is 18.5. The zero-order chi connectivity index (χ0) is 48.5. The molecule has 0 spiro atoms. The molecule has 0 aliphatic rings. The summed E-state index contributed by atoms with van der Waals surface area (Å²) in [6.45, 7) is 4.08. The molecule has 0 radical (unpaired) electrons. The van der Waals surface area contributed by atoms with Gasteiger partial charge in [-0.25, -0.2) is 0 Å². The SMILES string of the molecule is CC/C=C\C/C=C\C/C=C\C/C=C\CCCCCCCCCCC(=O)OC(COC(=O)CCCCCCCC/C=C\C/C=C\C/C=C\CCCCCCC)COP(=O)([O-])OCC[N+](C)(C)C. The highest BCUT2D eigenvalue weighted by molar-refractivity contribution is 7.45. The highest BCUT2D eigenvalue weighted by Crippen LogP contribution is 2.38. The molecule has 0 amide bonds. The summed E-state index contributed by atoms with van der Waals surface area (Å²) >= 11 is 0. The molecule has 0 saturated carbocycles. The van der Waals surface area contributed by atoms with Gasteiger partial charge in [0, 0.05) is 12.8 Å². The lowest BCUT2D eigenvalue weighted by atomic mass is 10.1. The van der Waals surface area contributed by atoms with Crippen molar-refractivity contribution < 1.29 is 42.1 Å². The van der Waals surface area contributed by atoms with Crippen LogP contribution in [0.2, 0.25) is 0 Å². The number of hydrogen-bond donors (Lipinski definition) is 0. The van der Waals surface area contributed by atoms with Crippen molar-refractivity contribution in [2.75, 3.05) is 47.5 Å². The third-order valence-corrected chi connectivity index (χ3v) is 11.9. The van der Waals surface area contributed by atoms with Gasteiger partial charge in [0.25, 0.3) is 7.82 Å². The molecule has 2 atom stereocenters. The molecule has 0 aromatic rings. The van der Waals surface area contributed by atoms with Gasteiger partial charge in [-0.2, -0.15) is 0 Å². The maximum absolute atomic E-state index is 12.8. The standard InChI is InChI=1S/C56H98NO8P/c1-6-8-10-12-14-16-18-20-22-24-26-28-30-32-34-36-38-40-42-44-46-48-55(58)62-52-54(53-64-66(60,61)63-51-50-57(3,4)5)65-56(59)49-47-45-43-41-39-37-35-33-31-29-27-25-23-21-19-17-15-13-11-9-7-2/h9,11,15,17-18,20-21,23-24,26-27,29-30,32,54H,6-8,10,12-14,16,19,22,25,28,31,33-53H2,1-5H3/b11-9-,17-15-,20-18-,23-21-,26-24-,29-27-,32-30-. The molecule has 0 aliphatic carbocycles. The van der Waals surface area contributed by atoms with E-state index in [1.54, 1.807) is 0 Å². The van der Waals surface area contributed by atoms with E-state index in [9.17, 15) is 19.0 Å². The number of allylic oxidation sites excluding steroid dienone is 14. The predicted molar refractivity (Wildman–Crippen MR) is 277 cm³/mol. The predicted octanol–water partition coefficient (Wildman–Crippen LogP) is 15.3. The Morgan fingerprint density at radius 3 is 1.29 bits per heavy atom. The number of rotatable bonds is 47. The first-order valence-corrected chi connectivity index (χ1v) is 27.8. The highest BCUT2D eigenvalue weighted by Gasteiger charge is 2.21. The number of carbonyl (C=O) groups excluding carboxylic acids is 2. The molecule has 66 heavy (non-hydrogen) atoms. The molecule has 0 saturated heterocycles. The number of phosphoric acid groups is 1. The summed E-state index contributed by atoms with van der Waals surface area (Å²) in [5, 5.41) is 0. The summed E-state index contributed by atoms with van der Waals surface area (Å²) in [7, 11) is 1.14. The summed E-state index contributed by atoms with van der Waals surface area (Å²) in [5.41, 5.74) is 0. The lowest BCUT2D eigenvalue weighted by Gasteiger charge is -2.28. The Kier molecular flexibility index (Phi) is 45.3. The third kappa shape index (κ3) is 50.6. The Morgan fingerprint density at radius 2 is 0.864 bits per heavy atom. The fourth-order valence-corrected chi connectivity index (χ4v) is 7.56. The molecule has 0 heterocycles. The minimum absolute atomic E-state index is 0.0392. The fraction of sp³-hybridized carbons (Fsp3) is 0.714. The minimum atomic E-state index is -4.64. The average Bonchev–Trinajstić information content (AvgIpc) is 3.27. The number of quaternary nitrogens is 1. The molecule has 0 fully saturated rings. The minimum Gasteiger partial charge on any atom is -0.756 e. The summed E-state index contributed by atoms with van der Waals surface area (Å²) in [6, 6.07) is 0. The van der Waals surface area contributed by atoms with E-state index < -0.39 is 32.5 Å². The first-order chi connectivity index (χ1) is 32.0. The summed E-state index contributed by atoms with van der Waals surface area (Å²) in [4.78, 5) is 37.8. The Morgan fingerprint density at radius 1 is 0.485 bits per heavy atom. The molecule has 0 aliphatic heterocycles. The van der Waals surface area contributed by atoms with Crippen LogP contribution >= 0.6 is 7.82 Å². The van der Waals surface area contributed by atoms with Crippen LogP contribution in [0.3, 0.4) is 0 Å². The van der Waals surface area contributed by atoms with E-state index in [0.29, 0.717) is 23.9 Å². The Hall–Kier alpha value is -2.81. The van der Waals surface area contributed by atoms with Crippen molar-refractivity contribution in [1.29, 1.82) is 0 Å². The van der Waals surface area contributed by atoms with Crippen LogP contribution in [-0.4, -0.2) is 70.0 Å². The van der Waals surface area contributed by atoms with Crippen molar-refractivity contribution >= 4 is 19.8 Å². The maximum Gasteiger partial charge on any atom is 0.306 e. The quantitative estimate of drug-likeness (QED) is 0.0195. The molecule has 2 unspecified atom stereocenters. The van der Waals surface area contributed by atoms with E-state index in [1.165, 1.54) is 64.2 Å². The van der Waals surface area contributed by atoms with Crippen LogP contribution in [0.1, 0.15) is 206 Å². The van der Waals surface area contributed by atoms with Crippen molar-refractivity contribution in [2.45, 2.75) is 213 Å². The molecular weight excluding hydrogens is 846 g/mol. The Bertz CT molecular complexity index is 1390. The van der Waals surface area contributed by atoms with Gasteiger partial charge in [0.05, 0.1) is 27.7 Å². The van der Waals surface area contributed by atoms with Gasteiger partial charge in [-0.05, 0) is 89.9 Å². The molecule has 0 N–H and O–H groups in total. The molecular formula is C56H98NO8P. The summed E-state index contributed by atoms with van der Waals surface area (Å²) in [5.74, 6) is -0.861. The monoisotopic (exact) mass is 944 g/mol. The normalized spacial score (nSPS) is 14.1. The molecule has 10 heteroatoms. The van der Waals surface area contributed by atoms with Crippen molar-refractivity contribution in [1.82, 2.24) is 0 Å². The van der Waals surface area contributed by atoms with Gasteiger partial charge in [0.15, 0.2) is 6.10 Å². The van der Waals surface area contributed by atoms with Gasteiger partial charge >= 0.3 is 11.9 Å². The van der Waals surface area contributed by atoms with Gasteiger partial charge in [0.1, 0.15) is 19.8 Å². The average molecular weight is 944 g/mol. The molecule has 0 bridgehead atoms. The number of phosphoric ester groups is 1. The lowest BCUT2D eigenvalue weighted by molar-refractivity contribution is -0.870. The number of ether oxygens (including phenoxy) is 2. The second kappa shape index (κ2) is 47.3. The number of likely N-dealkylation sites (N-methyl/N-ethyl adjacent to an activating group) is 1. The van der Waals surface area contributed by atoms with Crippen LogP contribution in [-0.2, 0) is 32.7 Å². The maximum atomic E-state index is 12.8. The van der Waals surface area contributed by atoms with Gasteiger partial charge in [-0.1, -0.05) is 189 Å². The van der Waals surface area contributed by atoms with Crippen LogP contribution in [0, 0.1) is 0 Å². The molecule has 9 nitrogen and oxygen atoms in total. The molecule has 0 rings (SSSR count). The lowest BCUT2D eigenvalue weighted by Crippen LogP contribution is -2.37. The van der Waals surface area contributed by atoms with Crippen LogP contribution < -0.4 is 4.89 Å². The number of esters is 2. The van der Waals surface area contributed by atoms with Crippen molar-refractivity contribution in [3.63, 3.8) is 0 Å². The van der Waals surface area contributed by atoms with Crippen LogP contribution in [0.25, 0.3) is 0 Å². The van der Waals surface area contributed by atoms with Crippen LogP contribution in [0.5, 0.6) is 0 Å². The van der Waals surface area contributed by atoms with E-state index >= 15 is 0 Å².